The molecule has 0 fully saturated rings. The fraction of sp³-hybridized carbons (Fsp3) is 0.389. The Hall–Kier alpha value is -2.12. The van der Waals surface area contributed by atoms with Crippen molar-refractivity contribution in [2.75, 3.05) is 0 Å². The Morgan fingerprint density at radius 2 is 1.72 bits per heavy atom. The number of sulfonamides is 1. The van der Waals surface area contributed by atoms with Crippen LogP contribution in [0.3, 0.4) is 0 Å². The van der Waals surface area contributed by atoms with Gasteiger partial charge in [0.25, 0.3) is 5.91 Å². The lowest BCUT2D eigenvalue weighted by atomic mass is 10.1. The van der Waals surface area contributed by atoms with Gasteiger partial charge in [-0.15, -0.1) is 0 Å². The molecule has 25 heavy (non-hydrogen) atoms. The van der Waals surface area contributed by atoms with Crippen molar-refractivity contribution in [2.45, 2.75) is 51.1 Å². The number of rotatable bonds is 5. The summed E-state index contributed by atoms with van der Waals surface area (Å²) in [5.41, 5.74) is -0.208. The normalized spacial score (nSPS) is 12.4. The summed E-state index contributed by atoms with van der Waals surface area (Å²) in [4.78, 5) is 12.1. The number of carbonyl (C=O) groups is 1. The molecule has 0 saturated heterocycles. The lowest BCUT2D eigenvalue weighted by Crippen LogP contribution is -2.40. The first-order valence-corrected chi connectivity index (χ1v) is 9.52. The third kappa shape index (κ3) is 4.93. The highest BCUT2D eigenvalue weighted by molar-refractivity contribution is 7.89. The Labute approximate surface area is 148 Å². The first kappa shape index (κ1) is 19.2. The van der Waals surface area contributed by atoms with Crippen LogP contribution in [-0.2, 0) is 10.0 Å². The van der Waals surface area contributed by atoms with Crippen LogP contribution in [0.4, 0.5) is 0 Å². The molecule has 1 amide bonds. The fourth-order valence-corrected chi connectivity index (χ4v) is 3.93. The Kier molecular flexibility index (Phi) is 5.39. The molecule has 1 heterocycles. The van der Waals surface area contributed by atoms with Crippen LogP contribution < -0.4 is 10.0 Å². The van der Waals surface area contributed by atoms with E-state index in [0.29, 0.717) is 11.3 Å². The van der Waals surface area contributed by atoms with Gasteiger partial charge in [0.15, 0.2) is 5.76 Å². The largest absolute Gasteiger partial charge is 0.451 e. The maximum Gasteiger partial charge on any atom is 0.287 e. The molecule has 2 rings (SSSR count). The number of benzene rings is 1. The van der Waals surface area contributed by atoms with Gasteiger partial charge in [0.05, 0.1) is 4.90 Å². The number of hydrogen-bond acceptors (Lipinski definition) is 4. The molecule has 2 N–H and O–H groups in total. The molecule has 0 aliphatic carbocycles. The summed E-state index contributed by atoms with van der Waals surface area (Å²) in [7, 11) is -3.74. The number of nitrogens with one attached hydrogen (secondary N) is 2. The average molecular weight is 364 g/mol. The third-order valence-corrected chi connectivity index (χ3v) is 4.95. The zero-order valence-corrected chi connectivity index (χ0v) is 15.9. The first-order chi connectivity index (χ1) is 11.5. The van der Waals surface area contributed by atoms with Gasteiger partial charge >= 0.3 is 0 Å². The lowest BCUT2D eigenvalue weighted by molar-refractivity contribution is 0.0916. The summed E-state index contributed by atoms with van der Waals surface area (Å²) in [6, 6.07) is 9.65. The quantitative estimate of drug-likeness (QED) is 0.853. The Morgan fingerprint density at radius 3 is 2.32 bits per heavy atom. The van der Waals surface area contributed by atoms with Crippen LogP contribution in [0.5, 0.6) is 0 Å². The van der Waals surface area contributed by atoms with Gasteiger partial charge in [-0.2, -0.15) is 0 Å². The zero-order chi connectivity index (χ0) is 18.8. The van der Waals surface area contributed by atoms with E-state index in [9.17, 15) is 13.2 Å². The minimum atomic E-state index is -3.74. The fourth-order valence-electron chi connectivity index (χ4n) is 2.30. The molecule has 2 aromatic rings. The van der Waals surface area contributed by atoms with E-state index in [2.05, 4.69) is 10.0 Å². The molecule has 0 saturated carbocycles. The second-order valence-electron chi connectivity index (χ2n) is 7.14. The van der Waals surface area contributed by atoms with E-state index in [-0.39, 0.29) is 22.6 Å². The van der Waals surface area contributed by atoms with Gasteiger partial charge in [0.1, 0.15) is 5.76 Å². The second kappa shape index (κ2) is 7.01. The molecule has 6 nitrogen and oxygen atoms in total. The highest BCUT2D eigenvalue weighted by Crippen LogP contribution is 2.29. The molecule has 0 unspecified atom stereocenters. The monoisotopic (exact) mass is 364 g/mol. The van der Waals surface area contributed by atoms with Gasteiger partial charge in [-0.1, -0.05) is 12.1 Å². The summed E-state index contributed by atoms with van der Waals surface area (Å²) in [6.45, 7) is 9.01. The Balaban J connectivity index is 2.43. The molecule has 0 aliphatic heterocycles. The van der Waals surface area contributed by atoms with Crippen molar-refractivity contribution in [2.24, 2.45) is 0 Å². The summed E-state index contributed by atoms with van der Waals surface area (Å²) < 4.78 is 33.6. The average Bonchev–Trinajstić information content (AvgIpc) is 2.94. The minimum absolute atomic E-state index is 0.0234. The van der Waals surface area contributed by atoms with E-state index in [1.165, 1.54) is 12.1 Å². The number of carbonyl (C=O) groups excluding carboxylic acids is 1. The predicted octanol–water partition coefficient (Wildman–Crippen LogP) is 3.16. The van der Waals surface area contributed by atoms with Crippen LogP contribution in [-0.4, -0.2) is 25.9 Å². The minimum Gasteiger partial charge on any atom is -0.451 e. The van der Waals surface area contributed by atoms with E-state index in [1.54, 1.807) is 45.0 Å². The maximum atomic E-state index is 12.7. The molecule has 1 aromatic heterocycles. The highest BCUT2D eigenvalue weighted by Gasteiger charge is 2.26. The van der Waals surface area contributed by atoms with Gasteiger partial charge in [0, 0.05) is 17.1 Å². The topological polar surface area (TPSA) is 88.4 Å². The van der Waals surface area contributed by atoms with Gasteiger partial charge in [-0.25, -0.2) is 13.1 Å². The zero-order valence-electron chi connectivity index (χ0n) is 15.1. The molecule has 0 atom stereocenters. The molecule has 0 bridgehead atoms. The van der Waals surface area contributed by atoms with Crippen molar-refractivity contribution >= 4 is 15.9 Å². The third-order valence-electron chi connectivity index (χ3n) is 3.13. The van der Waals surface area contributed by atoms with Crippen molar-refractivity contribution in [3.63, 3.8) is 0 Å². The molecular formula is C18H24N2O4S. The van der Waals surface area contributed by atoms with E-state index in [0.717, 1.165) is 0 Å². The standard InChI is InChI=1S/C18H24N2O4S/c1-12(2)19-17(21)15-11-10-14(24-15)13-8-6-7-9-16(13)25(22,23)20-18(3,4)5/h6-12,20H,1-5H3,(H,19,21). The summed E-state index contributed by atoms with van der Waals surface area (Å²) in [5, 5.41) is 2.74. The smallest absolute Gasteiger partial charge is 0.287 e. The second-order valence-corrected chi connectivity index (χ2v) is 8.79. The molecule has 0 spiro atoms. The van der Waals surface area contributed by atoms with Crippen LogP contribution in [0.15, 0.2) is 45.7 Å². The Morgan fingerprint density at radius 1 is 1.08 bits per heavy atom. The molecule has 1 aromatic carbocycles. The highest BCUT2D eigenvalue weighted by atomic mass is 32.2. The predicted molar refractivity (Wildman–Crippen MR) is 96.8 cm³/mol. The number of furan rings is 1. The maximum absolute atomic E-state index is 12.7. The first-order valence-electron chi connectivity index (χ1n) is 8.04. The van der Waals surface area contributed by atoms with Crippen molar-refractivity contribution < 1.29 is 17.6 Å². The van der Waals surface area contributed by atoms with Gasteiger partial charge in [-0.05, 0) is 58.9 Å². The lowest BCUT2D eigenvalue weighted by Gasteiger charge is -2.21. The van der Waals surface area contributed by atoms with Gasteiger partial charge in [0.2, 0.25) is 10.0 Å². The summed E-state index contributed by atoms with van der Waals surface area (Å²) >= 11 is 0. The van der Waals surface area contributed by atoms with Crippen molar-refractivity contribution in [3.05, 3.63) is 42.2 Å². The molecule has 0 aliphatic rings. The van der Waals surface area contributed by atoms with Crippen LogP contribution >= 0.6 is 0 Å². The van der Waals surface area contributed by atoms with E-state index < -0.39 is 15.6 Å². The number of hydrogen-bond donors (Lipinski definition) is 2. The van der Waals surface area contributed by atoms with E-state index in [1.807, 2.05) is 13.8 Å². The summed E-state index contributed by atoms with van der Waals surface area (Å²) in [6.07, 6.45) is 0. The van der Waals surface area contributed by atoms with Crippen molar-refractivity contribution in [1.82, 2.24) is 10.0 Å². The molecule has 136 valence electrons. The molecule has 7 heteroatoms. The van der Waals surface area contributed by atoms with Crippen molar-refractivity contribution in [1.29, 1.82) is 0 Å². The van der Waals surface area contributed by atoms with Crippen molar-refractivity contribution in [3.8, 4) is 11.3 Å². The Bertz CT molecular complexity index is 861. The molecule has 0 radical (unpaired) electrons. The molecular weight excluding hydrogens is 340 g/mol. The summed E-state index contributed by atoms with van der Waals surface area (Å²) in [5.74, 6) is 0.123. The van der Waals surface area contributed by atoms with Crippen LogP contribution in [0.25, 0.3) is 11.3 Å². The number of amides is 1. The van der Waals surface area contributed by atoms with Crippen LogP contribution in [0.1, 0.15) is 45.2 Å². The van der Waals surface area contributed by atoms with Crippen LogP contribution in [0.2, 0.25) is 0 Å². The van der Waals surface area contributed by atoms with Gasteiger partial charge < -0.3 is 9.73 Å². The van der Waals surface area contributed by atoms with E-state index in [4.69, 9.17) is 4.42 Å². The van der Waals surface area contributed by atoms with E-state index >= 15 is 0 Å². The van der Waals surface area contributed by atoms with Gasteiger partial charge in [-0.3, -0.25) is 4.79 Å². The SMILES string of the molecule is CC(C)NC(=O)c1ccc(-c2ccccc2S(=O)(=O)NC(C)(C)C)o1. The van der Waals surface area contributed by atoms with Crippen LogP contribution in [0, 0.1) is 0 Å².